The van der Waals surface area contributed by atoms with Crippen molar-refractivity contribution in [2.45, 2.75) is 41.5 Å². The number of hydrogen-bond acceptors (Lipinski definition) is 0. The van der Waals surface area contributed by atoms with E-state index in [1.807, 2.05) is 0 Å². The maximum Gasteiger partial charge on any atom is -0.0152 e. The van der Waals surface area contributed by atoms with Crippen LogP contribution >= 0.6 is 0 Å². The van der Waals surface area contributed by atoms with Crippen LogP contribution in [-0.2, 0) is 0 Å². The summed E-state index contributed by atoms with van der Waals surface area (Å²) in [6.45, 7) is 12.7. The van der Waals surface area contributed by atoms with E-state index in [-0.39, 0.29) is 0 Å². The Morgan fingerprint density at radius 1 is 0.278 bits per heavy atom. The molecule has 0 atom stereocenters. The van der Waals surface area contributed by atoms with Gasteiger partial charge in [-0.2, -0.15) is 0 Å². The third-order valence-electron chi connectivity index (χ3n) is 6.24. The Bertz CT molecular complexity index is 1230. The van der Waals surface area contributed by atoms with Crippen molar-refractivity contribution in [3.8, 4) is 22.3 Å². The van der Waals surface area contributed by atoms with Crippen LogP contribution in [-0.4, -0.2) is 0 Å². The summed E-state index contributed by atoms with van der Waals surface area (Å²) < 4.78 is 0. The Kier molecular flexibility index (Phi) is 9.83. The first kappa shape index (κ1) is 26.7. The highest BCUT2D eigenvalue weighted by atomic mass is 14.1. The molecule has 182 valence electrons. The molecule has 0 amide bonds. The van der Waals surface area contributed by atoms with Gasteiger partial charge in [-0.15, -0.1) is 0 Å². The van der Waals surface area contributed by atoms with Crippen LogP contribution in [0.15, 0.2) is 121 Å². The standard InChI is InChI=1S/2C14H14.C8H10/c1-11-3-7-13(8-4-11)14-9-5-12(2)6-10-14;1-11-7-3-5-9-13(11)14-10-6-4-8-12(14)2;1-7-3-5-8(2)6-4-7/h2*3-10H,1-2H3;3-6H,1-2H3. The highest BCUT2D eigenvalue weighted by Crippen LogP contribution is 2.25. The van der Waals surface area contributed by atoms with Crippen molar-refractivity contribution in [1.29, 1.82) is 0 Å². The fourth-order valence-corrected chi connectivity index (χ4v) is 3.88. The molecule has 0 saturated heterocycles. The van der Waals surface area contributed by atoms with Crippen molar-refractivity contribution in [2.24, 2.45) is 0 Å². The molecule has 0 aliphatic rings. The minimum atomic E-state index is 1.29. The maximum absolute atomic E-state index is 2.18. The van der Waals surface area contributed by atoms with Gasteiger partial charge in [0.05, 0.1) is 0 Å². The summed E-state index contributed by atoms with van der Waals surface area (Å²) >= 11 is 0. The molecule has 0 unspecified atom stereocenters. The van der Waals surface area contributed by atoms with Crippen LogP contribution in [0.5, 0.6) is 0 Å². The lowest BCUT2D eigenvalue weighted by atomic mass is 9.97. The van der Waals surface area contributed by atoms with Crippen LogP contribution in [0.3, 0.4) is 0 Å². The van der Waals surface area contributed by atoms with E-state index in [0.717, 1.165) is 0 Å². The van der Waals surface area contributed by atoms with Crippen molar-refractivity contribution in [3.05, 3.63) is 155 Å². The van der Waals surface area contributed by atoms with Gasteiger partial charge in [0, 0.05) is 0 Å². The van der Waals surface area contributed by atoms with Gasteiger partial charge in [0.1, 0.15) is 0 Å². The van der Waals surface area contributed by atoms with Crippen molar-refractivity contribution < 1.29 is 0 Å². The number of rotatable bonds is 2. The van der Waals surface area contributed by atoms with Gasteiger partial charge in [-0.05, 0) is 74.9 Å². The first-order valence-electron chi connectivity index (χ1n) is 12.6. The summed E-state index contributed by atoms with van der Waals surface area (Å²) in [5.74, 6) is 0. The zero-order chi connectivity index (χ0) is 25.9. The van der Waals surface area contributed by atoms with Gasteiger partial charge in [0.2, 0.25) is 0 Å². The molecule has 5 aromatic carbocycles. The zero-order valence-electron chi connectivity index (χ0n) is 22.5. The van der Waals surface area contributed by atoms with Gasteiger partial charge in [-0.1, -0.05) is 144 Å². The Labute approximate surface area is 218 Å². The van der Waals surface area contributed by atoms with E-state index in [1.54, 1.807) is 0 Å². The first-order chi connectivity index (χ1) is 17.3. The summed E-state index contributed by atoms with van der Waals surface area (Å²) in [5.41, 5.74) is 13.2. The molecule has 0 heteroatoms. The van der Waals surface area contributed by atoms with E-state index in [1.165, 1.54) is 55.6 Å². The van der Waals surface area contributed by atoms with E-state index < -0.39 is 0 Å². The quantitative estimate of drug-likeness (QED) is 0.241. The van der Waals surface area contributed by atoms with Crippen LogP contribution in [0, 0.1) is 41.5 Å². The number of aryl methyl sites for hydroxylation is 6. The molecule has 0 spiro atoms. The second-order valence-electron chi connectivity index (χ2n) is 9.52. The van der Waals surface area contributed by atoms with Crippen LogP contribution in [0.2, 0.25) is 0 Å². The molecule has 0 aliphatic carbocycles. The summed E-state index contributed by atoms with van der Waals surface area (Å²) in [4.78, 5) is 0. The molecule has 36 heavy (non-hydrogen) atoms. The Morgan fingerprint density at radius 3 is 0.806 bits per heavy atom. The van der Waals surface area contributed by atoms with Crippen molar-refractivity contribution in [3.63, 3.8) is 0 Å². The van der Waals surface area contributed by atoms with Crippen LogP contribution in [0.4, 0.5) is 0 Å². The second-order valence-corrected chi connectivity index (χ2v) is 9.52. The normalized spacial score (nSPS) is 9.94. The molecule has 0 aliphatic heterocycles. The third-order valence-corrected chi connectivity index (χ3v) is 6.24. The van der Waals surface area contributed by atoms with E-state index in [2.05, 4.69) is 163 Å². The largest absolute Gasteiger partial charge is 0.0620 e. The summed E-state index contributed by atoms with van der Waals surface area (Å²) in [5, 5.41) is 0. The molecule has 0 fully saturated rings. The molecule has 5 rings (SSSR count). The lowest BCUT2D eigenvalue weighted by Gasteiger charge is -2.08. The molecular formula is C36H38. The minimum absolute atomic E-state index is 1.29. The number of hydrogen-bond donors (Lipinski definition) is 0. The lowest BCUT2D eigenvalue weighted by Crippen LogP contribution is -1.85. The van der Waals surface area contributed by atoms with Crippen molar-refractivity contribution >= 4 is 0 Å². The molecule has 0 N–H and O–H groups in total. The average Bonchev–Trinajstić information content (AvgIpc) is 2.89. The topological polar surface area (TPSA) is 0 Å². The molecule has 5 aromatic rings. The SMILES string of the molecule is Cc1ccc(-c2ccc(C)cc2)cc1.Cc1ccc(C)cc1.Cc1ccccc1-c1ccccc1C. The first-order valence-corrected chi connectivity index (χ1v) is 12.6. The van der Waals surface area contributed by atoms with Crippen molar-refractivity contribution in [2.75, 3.05) is 0 Å². The summed E-state index contributed by atoms with van der Waals surface area (Å²) in [6, 6.07) is 42.8. The van der Waals surface area contributed by atoms with E-state index in [9.17, 15) is 0 Å². The van der Waals surface area contributed by atoms with Gasteiger partial charge in [-0.3, -0.25) is 0 Å². The lowest BCUT2D eigenvalue weighted by molar-refractivity contribution is 1.40. The molecule has 0 radical (unpaired) electrons. The van der Waals surface area contributed by atoms with Gasteiger partial charge in [0.25, 0.3) is 0 Å². The van der Waals surface area contributed by atoms with E-state index >= 15 is 0 Å². The monoisotopic (exact) mass is 470 g/mol. The fourth-order valence-electron chi connectivity index (χ4n) is 3.88. The number of benzene rings is 5. The zero-order valence-corrected chi connectivity index (χ0v) is 22.5. The third kappa shape index (κ3) is 8.10. The van der Waals surface area contributed by atoms with E-state index in [0.29, 0.717) is 0 Å². The predicted molar refractivity (Wildman–Crippen MR) is 159 cm³/mol. The Morgan fingerprint density at radius 2 is 0.528 bits per heavy atom. The Hall–Kier alpha value is -3.90. The minimum Gasteiger partial charge on any atom is -0.0620 e. The smallest absolute Gasteiger partial charge is 0.0152 e. The molecule has 0 bridgehead atoms. The van der Waals surface area contributed by atoms with Crippen LogP contribution < -0.4 is 0 Å². The fraction of sp³-hybridized carbons (Fsp3) is 0.167. The van der Waals surface area contributed by atoms with Gasteiger partial charge >= 0.3 is 0 Å². The van der Waals surface area contributed by atoms with Crippen LogP contribution in [0.1, 0.15) is 33.4 Å². The van der Waals surface area contributed by atoms with Gasteiger partial charge in [0.15, 0.2) is 0 Å². The average molecular weight is 471 g/mol. The van der Waals surface area contributed by atoms with Gasteiger partial charge in [-0.25, -0.2) is 0 Å². The summed E-state index contributed by atoms with van der Waals surface area (Å²) in [7, 11) is 0. The molecule has 0 aromatic heterocycles. The second kappa shape index (κ2) is 13.3. The van der Waals surface area contributed by atoms with Crippen LogP contribution in [0.25, 0.3) is 22.3 Å². The van der Waals surface area contributed by atoms with Crippen molar-refractivity contribution in [1.82, 2.24) is 0 Å². The van der Waals surface area contributed by atoms with Gasteiger partial charge < -0.3 is 0 Å². The highest BCUT2D eigenvalue weighted by molar-refractivity contribution is 5.70. The maximum atomic E-state index is 2.18. The predicted octanol–water partition coefficient (Wildman–Crippen LogP) is 10.2. The molecule has 0 nitrogen and oxygen atoms in total. The summed E-state index contributed by atoms with van der Waals surface area (Å²) in [6.07, 6.45) is 0. The Balaban J connectivity index is 0.000000157. The molecule has 0 saturated carbocycles. The molecular weight excluding hydrogens is 432 g/mol. The molecule has 0 heterocycles. The van der Waals surface area contributed by atoms with E-state index in [4.69, 9.17) is 0 Å². The highest BCUT2D eigenvalue weighted by Gasteiger charge is 2.02.